The molecule has 0 aliphatic rings. The van der Waals surface area contributed by atoms with Crippen LogP contribution in [0.15, 0.2) is 103 Å². The zero-order chi connectivity index (χ0) is 28.8. The molecule has 0 bridgehead atoms. The zero-order valence-corrected chi connectivity index (χ0v) is 25.1. The smallest absolute Gasteiger partial charge is 0.341 e. The largest absolute Gasteiger partial charge is 0.540 e. The van der Waals surface area contributed by atoms with E-state index >= 15 is 0 Å². The molecule has 0 aliphatic carbocycles. The van der Waals surface area contributed by atoms with Crippen LogP contribution in [0, 0.1) is 0 Å². The van der Waals surface area contributed by atoms with Crippen molar-refractivity contribution < 1.29 is 13.6 Å². The summed E-state index contributed by atoms with van der Waals surface area (Å²) in [6.45, 7) is 9.13. The highest BCUT2D eigenvalue weighted by Crippen LogP contribution is 2.34. The highest BCUT2D eigenvalue weighted by molar-refractivity contribution is 6.00. The van der Waals surface area contributed by atoms with E-state index < -0.39 is 12.1 Å². The minimum atomic E-state index is -0.990. The molecule has 0 saturated heterocycles. The molecule has 2 unspecified atom stereocenters. The fourth-order valence-corrected chi connectivity index (χ4v) is 4.87. The Balaban J connectivity index is 0.000000238. The van der Waals surface area contributed by atoms with Crippen molar-refractivity contribution in [3.63, 3.8) is 0 Å². The maximum atomic E-state index is 14.9. The quantitative estimate of drug-likeness (QED) is 0.137. The van der Waals surface area contributed by atoms with Crippen molar-refractivity contribution in [1.29, 1.82) is 0 Å². The molecular weight excluding hydrogens is 513 g/mol. The molecule has 2 atom stereocenters. The number of rotatable bonds is 11. The number of hydrogen-bond acceptors (Lipinski definition) is 3. The van der Waals surface area contributed by atoms with E-state index in [0.29, 0.717) is 17.9 Å². The number of ether oxygens (including phenoxy) is 1. The van der Waals surface area contributed by atoms with Gasteiger partial charge in [0.05, 0.1) is 18.7 Å². The summed E-state index contributed by atoms with van der Waals surface area (Å²) < 4.78 is 25.9. The van der Waals surface area contributed by atoms with Crippen molar-refractivity contribution in [3.05, 3.63) is 115 Å². The van der Waals surface area contributed by atoms with E-state index in [1.165, 1.54) is 16.7 Å². The first-order valence-electron chi connectivity index (χ1n) is 14.1. The van der Waals surface area contributed by atoms with Gasteiger partial charge in [0.15, 0.2) is 0 Å². The van der Waals surface area contributed by atoms with Crippen LogP contribution >= 0.6 is 0 Å². The zero-order valence-electron chi connectivity index (χ0n) is 24.1. The van der Waals surface area contributed by atoms with Crippen molar-refractivity contribution in [1.82, 2.24) is 4.98 Å². The lowest BCUT2D eigenvalue weighted by molar-refractivity contribution is 0.188. The number of nitrogens with zero attached hydrogens (tertiary/aromatic N) is 1. The number of aromatic nitrogens is 1. The maximum absolute atomic E-state index is 14.9. The number of pyridine rings is 1. The third-order valence-corrected chi connectivity index (χ3v) is 7.05. The van der Waals surface area contributed by atoms with E-state index in [9.17, 15) is 4.39 Å². The van der Waals surface area contributed by atoms with Crippen LogP contribution < -0.4 is 9.16 Å². The Labute approximate surface area is 243 Å². The number of para-hydroxylation sites is 1. The van der Waals surface area contributed by atoms with Gasteiger partial charge in [-0.3, -0.25) is 4.98 Å². The Hall–Kier alpha value is -3.44. The summed E-state index contributed by atoms with van der Waals surface area (Å²) in [5, 5.41) is 0. The molecule has 4 rings (SSSR count). The maximum Gasteiger partial charge on any atom is 0.341 e. The van der Waals surface area contributed by atoms with E-state index in [4.69, 9.17) is 9.16 Å². The summed E-state index contributed by atoms with van der Waals surface area (Å²) in [5.41, 5.74) is 5.04. The molecule has 1 aromatic heterocycles. The number of benzene rings is 3. The second kappa shape index (κ2) is 16.0. The van der Waals surface area contributed by atoms with E-state index in [-0.39, 0.29) is 12.0 Å². The Morgan fingerprint density at radius 2 is 1.55 bits per heavy atom. The van der Waals surface area contributed by atoms with Gasteiger partial charge in [-0.1, -0.05) is 120 Å². The van der Waals surface area contributed by atoms with E-state index in [2.05, 4.69) is 97.8 Å². The van der Waals surface area contributed by atoms with Crippen molar-refractivity contribution in [3.8, 4) is 22.6 Å². The van der Waals surface area contributed by atoms with Crippen molar-refractivity contribution in [2.24, 2.45) is 0 Å². The molecule has 5 heteroatoms. The minimum Gasteiger partial charge on any atom is -0.540 e. The summed E-state index contributed by atoms with van der Waals surface area (Å²) in [4.78, 5) is 4.02. The first kappa shape index (κ1) is 31.1. The molecule has 3 aromatic carbocycles. The summed E-state index contributed by atoms with van der Waals surface area (Å²) in [5.74, 6) is 0.863. The molecule has 0 N–H and O–H groups in total. The van der Waals surface area contributed by atoms with Gasteiger partial charge in [0.1, 0.15) is 17.7 Å². The highest BCUT2D eigenvalue weighted by atomic mass is 28.2. The highest BCUT2D eigenvalue weighted by Gasteiger charge is 2.26. The van der Waals surface area contributed by atoms with Crippen molar-refractivity contribution in [2.75, 3.05) is 6.61 Å². The molecule has 0 amide bonds. The van der Waals surface area contributed by atoms with Crippen LogP contribution in [0.1, 0.15) is 70.4 Å². The Morgan fingerprint density at radius 1 is 0.850 bits per heavy atom. The van der Waals surface area contributed by atoms with Crippen LogP contribution in [0.3, 0.4) is 0 Å². The van der Waals surface area contributed by atoms with Crippen LogP contribution in [-0.2, 0) is 5.41 Å². The van der Waals surface area contributed by atoms with Gasteiger partial charge < -0.3 is 9.16 Å². The number of hydrogen-bond donors (Lipinski definition) is 0. The fraction of sp³-hybridized carbons (Fsp3) is 0.343. The van der Waals surface area contributed by atoms with Gasteiger partial charge in [0.2, 0.25) is 0 Å². The lowest BCUT2D eigenvalue weighted by atomic mass is 9.82. The first-order chi connectivity index (χ1) is 19.3. The molecule has 0 spiro atoms. The minimum absolute atomic E-state index is 0.187. The summed E-state index contributed by atoms with van der Waals surface area (Å²) in [7, 11) is 3.06. The Morgan fingerprint density at radius 3 is 2.23 bits per heavy atom. The summed E-state index contributed by atoms with van der Waals surface area (Å²) >= 11 is 0. The van der Waals surface area contributed by atoms with E-state index in [1.54, 1.807) is 18.5 Å². The molecule has 3 radical (unpaired) electrons. The lowest BCUT2D eigenvalue weighted by Crippen LogP contribution is -2.22. The average molecular weight is 555 g/mol. The standard InChI is InChI=1S/C19H23FNO2Si.C16H18/c1-2-3-4-10-18(20)17(14-22-15-8-7-12-21-13-15)16-9-5-6-11-19(16)23-24;1-16(2,3)15-12-8-7-11-14(15)13-9-5-4-6-10-13/h5-9,11-13,17-18H,2-4,10,14H2,1H3;4-12H,1-3H3. The van der Waals surface area contributed by atoms with E-state index in [0.717, 1.165) is 24.8 Å². The van der Waals surface area contributed by atoms with Crippen LogP contribution in [0.25, 0.3) is 11.1 Å². The Bertz CT molecular complexity index is 1260. The normalized spacial score (nSPS) is 12.6. The molecule has 209 valence electrons. The van der Waals surface area contributed by atoms with Gasteiger partial charge >= 0.3 is 10.5 Å². The van der Waals surface area contributed by atoms with Gasteiger partial charge in [-0.25, -0.2) is 4.39 Å². The third kappa shape index (κ3) is 9.34. The van der Waals surface area contributed by atoms with Gasteiger partial charge in [-0.2, -0.15) is 0 Å². The predicted octanol–water partition coefficient (Wildman–Crippen LogP) is 9.28. The molecule has 0 aliphatic heterocycles. The number of unbranched alkanes of at least 4 members (excludes halogenated alkanes) is 2. The summed E-state index contributed by atoms with van der Waals surface area (Å²) in [6.07, 6.45) is 5.82. The third-order valence-electron chi connectivity index (χ3n) is 6.83. The summed E-state index contributed by atoms with van der Waals surface area (Å²) in [6, 6.07) is 30.3. The van der Waals surface area contributed by atoms with Crippen LogP contribution in [0.2, 0.25) is 0 Å². The molecule has 0 fully saturated rings. The molecular formula is C35H41FNO2Si. The predicted molar refractivity (Wildman–Crippen MR) is 165 cm³/mol. The average Bonchev–Trinajstić information content (AvgIpc) is 2.98. The molecule has 40 heavy (non-hydrogen) atoms. The molecule has 1 heterocycles. The molecule has 0 saturated carbocycles. The van der Waals surface area contributed by atoms with Crippen LogP contribution in [-0.4, -0.2) is 28.2 Å². The topological polar surface area (TPSA) is 31.4 Å². The number of alkyl halides is 1. The van der Waals surface area contributed by atoms with Gasteiger partial charge in [-0.05, 0) is 46.7 Å². The lowest BCUT2D eigenvalue weighted by Gasteiger charge is -2.24. The second-order valence-corrected chi connectivity index (χ2v) is 11.1. The fourth-order valence-electron chi connectivity index (χ4n) is 4.68. The second-order valence-electron chi connectivity index (χ2n) is 10.9. The first-order valence-corrected chi connectivity index (χ1v) is 14.5. The molecule has 4 aromatic rings. The molecule has 3 nitrogen and oxygen atoms in total. The van der Waals surface area contributed by atoms with Crippen LogP contribution in [0.5, 0.6) is 11.5 Å². The Kier molecular flexibility index (Phi) is 12.4. The SMILES string of the molecule is CC(C)(C)c1ccccc1-c1ccccc1.CCCCCC(F)C(COc1cccnc1)c1ccccc1O[Si]. The van der Waals surface area contributed by atoms with Gasteiger partial charge in [0.25, 0.3) is 0 Å². The van der Waals surface area contributed by atoms with Crippen LogP contribution in [0.4, 0.5) is 4.39 Å². The van der Waals surface area contributed by atoms with E-state index in [1.807, 2.05) is 30.3 Å². The van der Waals surface area contributed by atoms with Crippen molar-refractivity contribution >= 4 is 10.5 Å². The monoisotopic (exact) mass is 554 g/mol. The van der Waals surface area contributed by atoms with Gasteiger partial charge in [-0.15, -0.1) is 0 Å². The van der Waals surface area contributed by atoms with Gasteiger partial charge in [0, 0.05) is 11.8 Å². The number of halogens is 1. The van der Waals surface area contributed by atoms with Crippen molar-refractivity contribution in [2.45, 2.75) is 70.9 Å².